The zero-order valence-corrected chi connectivity index (χ0v) is 15.6. The molecule has 2 rings (SSSR count). The third kappa shape index (κ3) is 6.78. The van der Waals surface area contributed by atoms with Crippen molar-refractivity contribution in [3.05, 3.63) is 59.2 Å². The number of rotatable bonds is 9. The number of carbonyl (C=O) groups excluding carboxylic acids is 2. The summed E-state index contributed by atoms with van der Waals surface area (Å²) >= 11 is 0. The lowest BCUT2D eigenvalue weighted by Gasteiger charge is -2.08. The number of benzene rings is 2. The first kappa shape index (κ1) is 23.2. The fraction of sp³-hybridized carbons (Fsp3) is 0.300. The van der Waals surface area contributed by atoms with Crippen LogP contribution in [0.2, 0.25) is 0 Å². The van der Waals surface area contributed by atoms with E-state index in [9.17, 15) is 35.9 Å². The molecule has 0 atom stereocenters. The molecule has 2 amide bonds. The molecule has 0 saturated heterocycles. The zero-order valence-electron chi connectivity index (χ0n) is 15.6. The number of amides is 2. The van der Waals surface area contributed by atoms with E-state index in [1.54, 1.807) is 0 Å². The standard InChI is InChI=1S/C20H18F6N2O2/c21-11-7-13(23)19(14(24)8-11)27-17(29)5-3-1-2-4-6-18(30)28-20-15(25)9-12(22)10-16(20)26/h7-10H,1-6H2,(H,27,29)(H,28,30). The van der Waals surface area contributed by atoms with E-state index in [-0.39, 0.29) is 12.8 Å². The van der Waals surface area contributed by atoms with Gasteiger partial charge in [-0.2, -0.15) is 0 Å². The summed E-state index contributed by atoms with van der Waals surface area (Å²) in [6, 6.07) is 1.81. The van der Waals surface area contributed by atoms with Crippen LogP contribution in [0.4, 0.5) is 37.7 Å². The van der Waals surface area contributed by atoms with Crippen molar-refractivity contribution in [1.82, 2.24) is 0 Å². The molecule has 0 aromatic heterocycles. The smallest absolute Gasteiger partial charge is 0.224 e. The molecule has 10 heteroatoms. The van der Waals surface area contributed by atoms with Gasteiger partial charge < -0.3 is 10.6 Å². The Bertz CT molecular complexity index is 814. The van der Waals surface area contributed by atoms with Crippen molar-refractivity contribution in [2.24, 2.45) is 0 Å². The molecule has 162 valence electrons. The molecule has 0 fully saturated rings. The normalized spacial score (nSPS) is 10.7. The molecular weight excluding hydrogens is 414 g/mol. The van der Waals surface area contributed by atoms with Crippen LogP contribution in [0.3, 0.4) is 0 Å². The Morgan fingerprint density at radius 1 is 0.567 bits per heavy atom. The topological polar surface area (TPSA) is 58.2 Å². The minimum absolute atomic E-state index is 0.0472. The van der Waals surface area contributed by atoms with E-state index in [0.717, 1.165) is 0 Å². The molecule has 0 radical (unpaired) electrons. The monoisotopic (exact) mass is 432 g/mol. The number of nitrogens with one attached hydrogen (secondary N) is 2. The number of hydrogen-bond acceptors (Lipinski definition) is 2. The lowest BCUT2D eigenvalue weighted by molar-refractivity contribution is -0.117. The van der Waals surface area contributed by atoms with E-state index < -0.39 is 58.1 Å². The second-order valence-corrected chi connectivity index (χ2v) is 6.50. The zero-order chi connectivity index (χ0) is 22.3. The van der Waals surface area contributed by atoms with Crippen LogP contribution in [-0.4, -0.2) is 11.8 Å². The van der Waals surface area contributed by atoms with E-state index >= 15 is 0 Å². The number of halogens is 6. The molecule has 0 saturated carbocycles. The van der Waals surface area contributed by atoms with Gasteiger partial charge in [0.05, 0.1) is 0 Å². The summed E-state index contributed by atoms with van der Waals surface area (Å²) in [5, 5.41) is 4.08. The van der Waals surface area contributed by atoms with Crippen molar-refractivity contribution in [3.8, 4) is 0 Å². The Morgan fingerprint density at radius 2 is 0.867 bits per heavy atom. The van der Waals surface area contributed by atoms with E-state index in [4.69, 9.17) is 0 Å². The molecule has 0 aliphatic rings. The van der Waals surface area contributed by atoms with Gasteiger partial charge in [0.1, 0.15) is 23.0 Å². The van der Waals surface area contributed by atoms with Crippen molar-refractivity contribution >= 4 is 23.2 Å². The molecule has 2 aromatic rings. The molecule has 0 bridgehead atoms. The summed E-state index contributed by atoms with van der Waals surface area (Å²) in [6.07, 6.45) is 1.64. The second kappa shape index (κ2) is 10.7. The maximum absolute atomic E-state index is 13.5. The van der Waals surface area contributed by atoms with Crippen LogP contribution in [-0.2, 0) is 9.59 Å². The predicted molar refractivity (Wildman–Crippen MR) is 97.6 cm³/mol. The average molecular weight is 432 g/mol. The van der Waals surface area contributed by atoms with E-state index in [1.165, 1.54) is 0 Å². The Morgan fingerprint density at radius 3 is 1.17 bits per heavy atom. The van der Waals surface area contributed by atoms with Crippen LogP contribution in [0.5, 0.6) is 0 Å². The summed E-state index contributed by atoms with van der Waals surface area (Å²) in [7, 11) is 0. The van der Waals surface area contributed by atoms with Gasteiger partial charge in [-0.05, 0) is 12.8 Å². The molecule has 0 aliphatic heterocycles. The second-order valence-electron chi connectivity index (χ2n) is 6.50. The molecule has 2 aromatic carbocycles. The van der Waals surface area contributed by atoms with Gasteiger partial charge in [-0.15, -0.1) is 0 Å². The quantitative estimate of drug-likeness (QED) is 0.410. The molecule has 0 spiro atoms. The highest BCUT2D eigenvalue weighted by molar-refractivity contribution is 5.91. The summed E-state index contributed by atoms with van der Waals surface area (Å²) in [5.41, 5.74) is -1.45. The number of hydrogen-bond donors (Lipinski definition) is 2. The Labute approximate surface area is 168 Å². The van der Waals surface area contributed by atoms with E-state index in [1.807, 2.05) is 10.6 Å². The van der Waals surface area contributed by atoms with E-state index in [2.05, 4.69) is 0 Å². The maximum Gasteiger partial charge on any atom is 0.224 e. The highest BCUT2D eigenvalue weighted by Crippen LogP contribution is 2.22. The first-order valence-corrected chi connectivity index (χ1v) is 9.06. The van der Waals surface area contributed by atoms with Crippen LogP contribution >= 0.6 is 0 Å². The molecule has 0 unspecified atom stereocenters. The molecule has 0 heterocycles. The molecule has 0 aliphatic carbocycles. The number of unbranched alkanes of at least 4 members (excludes halogenated alkanes) is 3. The highest BCUT2D eigenvalue weighted by atomic mass is 19.2. The highest BCUT2D eigenvalue weighted by Gasteiger charge is 2.15. The minimum Gasteiger partial charge on any atom is -0.321 e. The van der Waals surface area contributed by atoms with Crippen molar-refractivity contribution in [2.45, 2.75) is 38.5 Å². The molecule has 2 N–H and O–H groups in total. The third-order valence-corrected chi connectivity index (χ3v) is 4.10. The van der Waals surface area contributed by atoms with Crippen LogP contribution < -0.4 is 10.6 Å². The van der Waals surface area contributed by atoms with Gasteiger partial charge in [0, 0.05) is 37.1 Å². The van der Waals surface area contributed by atoms with Crippen LogP contribution in [0.15, 0.2) is 24.3 Å². The molecule has 30 heavy (non-hydrogen) atoms. The minimum atomic E-state index is -1.22. The largest absolute Gasteiger partial charge is 0.321 e. The molecular formula is C20H18F6N2O2. The van der Waals surface area contributed by atoms with Gasteiger partial charge in [0.15, 0.2) is 23.3 Å². The van der Waals surface area contributed by atoms with Gasteiger partial charge >= 0.3 is 0 Å². The maximum atomic E-state index is 13.5. The van der Waals surface area contributed by atoms with Crippen molar-refractivity contribution in [1.29, 1.82) is 0 Å². The first-order valence-electron chi connectivity index (χ1n) is 9.06. The van der Waals surface area contributed by atoms with E-state index in [0.29, 0.717) is 49.9 Å². The SMILES string of the molecule is O=C(CCCCCCC(=O)Nc1c(F)cc(F)cc1F)Nc1c(F)cc(F)cc1F. The Balaban J connectivity index is 1.66. The first-order chi connectivity index (χ1) is 14.2. The van der Waals surface area contributed by atoms with Crippen molar-refractivity contribution in [2.75, 3.05) is 10.6 Å². The van der Waals surface area contributed by atoms with Crippen molar-refractivity contribution < 1.29 is 35.9 Å². The Kier molecular flexibility index (Phi) is 8.25. The van der Waals surface area contributed by atoms with Crippen LogP contribution in [0.25, 0.3) is 0 Å². The fourth-order valence-electron chi connectivity index (χ4n) is 2.65. The van der Waals surface area contributed by atoms with Gasteiger partial charge in [-0.1, -0.05) is 12.8 Å². The fourth-order valence-corrected chi connectivity index (χ4v) is 2.65. The summed E-state index contributed by atoms with van der Waals surface area (Å²) in [4.78, 5) is 23.5. The molecule has 4 nitrogen and oxygen atoms in total. The van der Waals surface area contributed by atoms with Gasteiger partial charge in [0.25, 0.3) is 0 Å². The lowest BCUT2D eigenvalue weighted by Crippen LogP contribution is -2.14. The summed E-state index contributed by atoms with van der Waals surface area (Å²) in [6.45, 7) is 0. The predicted octanol–water partition coefficient (Wildman–Crippen LogP) is 5.44. The summed E-state index contributed by atoms with van der Waals surface area (Å²) in [5.74, 6) is -8.39. The van der Waals surface area contributed by atoms with Crippen LogP contribution in [0.1, 0.15) is 38.5 Å². The van der Waals surface area contributed by atoms with Crippen LogP contribution in [0, 0.1) is 34.9 Å². The van der Waals surface area contributed by atoms with Crippen molar-refractivity contribution in [3.63, 3.8) is 0 Å². The van der Waals surface area contributed by atoms with Gasteiger partial charge in [-0.25, -0.2) is 26.3 Å². The lowest BCUT2D eigenvalue weighted by atomic mass is 10.1. The third-order valence-electron chi connectivity index (χ3n) is 4.10. The number of anilines is 2. The van der Waals surface area contributed by atoms with Gasteiger partial charge in [0.2, 0.25) is 11.8 Å². The number of carbonyl (C=O) groups is 2. The Hall–Kier alpha value is -3.04. The average Bonchev–Trinajstić information content (AvgIpc) is 2.64. The summed E-state index contributed by atoms with van der Waals surface area (Å²) < 4.78 is 79.5. The van der Waals surface area contributed by atoms with Gasteiger partial charge in [-0.3, -0.25) is 9.59 Å².